The first kappa shape index (κ1) is 9.99. The highest BCUT2D eigenvalue weighted by Crippen LogP contribution is 2.48. The van der Waals surface area contributed by atoms with Crippen molar-refractivity contribution in [3.63, 3.8) is 0 Å². The molecule has 1 aliphatic carbocycles. The maximum absolute atomic E-state index is 12.6. The number of hydrogen-bond acceptors (Lipinski definition) is 2. The minimum absolute atomic E-state index is 0.0609. The molecule has 0 radical (unpaired) electrons. The Balaban J connectivity index is 2.09. The van der Waals surface area contributed by atoms with Gasteiger partial charge in [0.25, 0.3) is 0 Å². The lowest BCUT2D eigenvalue weighted by Crippen LogP contribution is -2.33. The van der Waals surface area contributed by atoms with Gasteiger partial charge in [0.15, 0.2) is 0 Å². The lowest BCUT2D eigenvalue weighted by Gasteiger charge is -2.35. The van der Waals surface area contributed by atoms with Gasteiger partial charge in [0.1, 0.15) is 0 Å². The van der Waals surface area contributed by atoms with E-state index >= 15 is 0 Å². The van der Waals surface area contributed by atoms with E-state index in [1.54, 1.807) is 24.3 Å². The molecule has 0 saturated heterocycles. The summed E-state index contributed by atoms with van der Waals surface area (Å²) in [5.41, 5.74) is 1.38. The van der Waals surface area contributed by atoms with Crippen molar-refractivity contribution in [2.24, 2.45) is 4.99 Å². The van der Waals surface area contributed by atoms with Crippen molar-refractivity contribution >= 4 is 11.8 Å². The van der Waals surface area contributed by atoms with Crippen molar-refractivity contribution in [1.82, 2.24) is 0 Å². The van der Waals surface area contributed by atoms with E-state index in [9.17, 15) is 13.6 Å². The van der Waals surface area contributed by atoms with Gasteiger partial charge in [0, 0.05) is 12.8 Å². The van der Waals surface area contributed by atoms with Crippen LogP contribution in [0.5, 0.6) is 0 Å². The minimum atomic E-state index is -2.50. The number of aliphatic imine (C=N–C) groups is 1. The molecule has 0 atom stereocenters. The molecule has 0 heterocycles. The maximum Gasteiger partial charge on any atom is 0.249 e. The molecule has 78 valence electrons. The Kier molecular flexibility index (Phi) is 2.37. The summed E-state index contributed by atoms with van der Waals surface area (Å²) in [4.78, 5) is 13.4. The number of isocyanates is 1. The van der Waals surface area contributed by atoms with E-state index in [2.05, 4.69) is 4.99 Å². The highest BCUT2D eigenvalue weighted by molar-refractivity contribution is 5.49. The van der Waals surface area contributed by atoms with Gasteiger partial charge in [-0.15, -0.1) is 0 Å². The molecule has 0 unspecified atom stereocenters. The average Bonchev–Trinajstić information content (AvgIpc) is 2.16. The van der Waals surface area contributed by atoms with Gasteiger partial charge in [0.2, 0.25) is 12.0 Å². The fourth-order valence-electron chi connectivity index (χ4n) is 1.77. The molecular weight excluding hydrogens is 200 g/mol. The Hall–Kier alpha value is -1.54. The van der Waals surface area contributed by atoms with E-state index in [1.165, 1.54) is 6.08 Å². The monoisotopic (exact) mass is 209 g/mol. The molecule has 4 heteroatoms. The highest BCUT2D eigenvalue weighted by Gasteiger charge is 2.45. The highest BCUT2D eigenvalue weighted by atomic mass is 19.3. The minimum Gasteiger partial charge on any atom is -0.211 e. The summed E-state index contributed by atoms with van der Waals surface area (Å²) in [6, 6.07) is 6.74. The lowest BCUT2D eigenvalue weighted by atomic mass is 9.77. The largest absolute Gasteiger partial charge is 0.249 e. The average molecular weight is 209 g/mol. The van der Waals surface area contributed by atoms with Crippen LogP contribution in [0, 0.1) is 0 Å². The first-order valence-corrected chi connectivity index (χ1v) is 4.66. The van der Waals surface area contributed by atoms with E-state index in [0.717, 1.165) is 5.56 Å². The van der Waals surface area contributed by atoms with Crippen molar-refractivity contribution in [2.45, 2.75) is 24.7 Å². The smallest absolute Gasteiger partial charge is 0.211 e. The number of nitrogens with zero attached hydrogens (tertiary/aromatic N) is 1. The van der Waals surface area contributed by atoms with Crippen LogP contribution >= 0.6 is 0 Å². The first-order chi connectivity index (χ1) is 7.11. The Bertz CT molecular complexity index is 399. The zero-order chi connectivity index (χ0) is 10.9. The van der Waals surface area contributed by atoms with Crippen LogP contribution in [0.15, 0.2) is 29.3 Å². The van der Waals surface area contributed by atoms with Gasteiger partial charge in [0.05, 0.1) is 5.69 Å². The van der Waals surface area contributed by atoms with Gasteiger partial charge >= 0.3 is 0 Å². The molecule has 1 aliphatic rings. The molecule has 0 spiro atoms. The number of halogens is 2. The predicted octanol–water partition coefficient (Wildman–Crippen LogP) is 3.17. The summed E-state index contributed by atoms with van der Waals surface area (Å²) in [7, 11) is 0. The predicted molar refractivity (Wildman–Crippen MR) is 51.1 cm³/mol. The third kappa shape index (κ3) is 2.10. The molecule has 0 amide bonds. The second-order valence-electron chi connectivity index (χ2n) is 3.76. The van der Waals surface area contributed by atoms with Crippen LogP contribution in [0.4, 0.5) is 14.5 Å². The lowest BCUT2D eigenvalue weighted by molar-refractivity contribution is -0.0867. The molecule has 0 bridgehead atoms. The topological polar surface area (TPSA) is 29.4 Å². The summed E-state index contributed by atoms with van der Waals surface area (Å²) >= 11 is 0. The zero-order valence-electron chi connectivity index (χ0n) is 7.91. The van der Waals surface area contributed by atoms with E-state index in [-0.39, 0.29) is 18.8 Å². The van der Waals surface area contributed by atoms with Crippen LogP contribution in [0.25, 0.3) is 0 Å². The number of hydrogen-bond donors (Lipinski definition) is 0. The Morgan fingerprint density at radius 3 is 2.33 bits per heavy atom. The van der Waals surface area contributed by atoms with Crippen LogP contribution in [0.2, 0.25) is 0 Å². The molecule has 0 aliphatic heterocycles. The molecule has 2 rings (SSSR count). The molecule has 1 aromatic carbocycles. The molecule has 0 N–H and O–H groups in total. The van der Waals surface area contributed by atoms with Crippen LogP contribution in [0.1, 0.15) is 24.3 Å². The van der Waals surface area contributed by atoms with Gasteiger partial charge in [-0.2, -0.15) is 4.99 Å². The van der Waals surface area contributed by atoms with Crippen LogP contribution < -0.4 is 0 Å². The van der Waals surface area contributed by atoms with Crippen molar-refractivity contribution < 1.29 is 13.6 Å². The fraction of sp³-hybridized carbons (Fsp3) is 0.364. The van der Waals surface area contributed by atoms with E-state index in [0.29, 0.717) is 5.69 Å². The Labute approximate surface area is 85.6 Å². The van der Waals surface area contributed by atoms with E-state index in [4.69, 9.17) is 0 Å². The Morgan fingerprint density at radius 1 is 1.27 bits per heavy atom. The summed E-state index contributed by atoms with van der Waals surface area (Å²) in [6.45, 7) is 0. The van der Waals surface area contributed by atoms with Gasteiger partial charge in [-0.05, 0) is 23.6 Å². The standard InChI is InChI=1S/C11H9F2NO/c12-11(13)5-9(6-11)8-1-3-10(4-2-8)14-7-15/h1-4,9H,5-6H2. The summed E-state index contributed by atoms with van der Waals surface area (Å²) < 4.78 is 25.2. The maximum atomic E-state index is 12.6. The van der Waals surface area contributed by atoms with Gasteiger partial charge < -0.3 is 0 Å². The third-order valence-electron chi connectivity index (χ3n) is 2.63. The second kappa shape index (κ2) is 3.55. The van der Waals surface area contributed by atoms with Crippen molar-refractivity contribution in [1.29, 1.82) is 0 Å². The van der Waals surface area contributed by atoms with Crippen molar-refractivity contribution in [3.8, 4) is 0 Å². The number of carbonyl (C=O) groups excluding carboxylic acids is 1. The van der Waals surface area contributed by atoms with Crippen LogP contribution in [-0.4, -0.2) is 12.0 Å². The summed E-state index contributed by atoms with van der Waals surface area (Å²) in [6.07, 6.45) is 1.27. The van der Waals surface area contributed by atoms with Crippen LogP contribution in [0.3, 0.4) is 0 Å². The van der Waals surface area contributed by atoms with Crippen molar-refractivity contribution in [3.05, 3.63) is 29.8 Å². The fourth-order valence-corrected chi connectivity index (χ4v) is 1.77. The molecule has 1 saturated carbocycles. The molecule has 15 heavy (non-hydrogen) atoms. The molecule has 2 nitrogen and oxygen atoms in total. The number of benzene rings is 1. The number of alkyl halides is 2. The molecule has 1 fully saturated rings. The summed E-state index contributed by atoms with van der Waals surface area (Å²) in [5, 5.41) is 0. The van der Waals surface area contributed by atoms with Gasteiger partial charge in [-0.3, -0.25) is 0 Å². The molecular formula is C11H9F2NO. The zero-order valence-corrected chi connectivity index (χ0v) is 7.91. The third-order valence-corrected chi connectivity index (χ3v) is 2.63. The quantitative estimate of drug-likeness (QED) is 0.543. The van der Waals surface area contributed by atoms with Gasteiger partial charge in [-0.25, -0.2) is 13.6 Å². The normalized spacial score (nSPS) is 19.1. The van der Waals surface area contributed by atoms with E-state index < -0.39 is 5.92 Å². The first-order valence-electron chi connectivity index (χ1n) is 4.66. The van der Waals surface area contributed by atoms with Crippen LogP contribution in [-0.2, 0) is 4.79 Å². The summed E-state index contributed by atoms with van der Waals surface area (Å²) in [5.74, 6) is -2.56. The number of rotatable bonds is 2. The van der Waals surface area contributed by atoms with Gasteiger partial charge in [-0.1, -0.05) is 12.1 Å². The second-order valence-corrected chi connectivity index (χ2v) is 3.76. The SMILES string of the molecule is O=C=Nc1ccc(C2CC(F)(F)C2)cc1. The Morgan fingerprint density at radius 2 is 1.87 bits per heavy atom. The molecule has 1 aromatic rings. The van der Waals surface area contributed by atoms with Crippen molar-refractivity contribution in [2.75, 3.05) is 0 Å². The molecule has 0 aromatic heterocycles. The van der Waals surface area contributed by atoms with E-state index in [1.807, 2.05) is 0 Å².